The quantitative estimate of drug-likeness (QED) is 0.574. The number of nitrogens with one attached hydrogen (secondary N) is 1. The number of carbonyl (C=O) groups excluding carboxylic acids is 1. The molecule has 2 aromatic rings. The highest BCUT2D eigenvalue weighted by Gasteiger charge is 2.61. The number of hydrogen-bond donors (Lipinski definition) is 2. The van der Waals surface area contributed by atoms with E-state index in [1.807, 2.05) is 0 Å². The van der Waals surface area contributed by atoms with E-state index in [2.05, 4.69) is 48.1 Å². The molecule has 0 unspecified atom stereocenters. The van der Waals surface area contributed by atoms with Gasteiger partial charge in [-0.05, 0) is 50.3 Å². The van der Waals surface area contributed by atoms with Gasteiger partial charge in [0.2, 0.25) is 0 Å². The van der Waals surface area contributed by atoms with Crippen molar-refractivity contribution < 1.29 is 9.90 Å². The number of aliphatic hydroxyl groups is 1. The van der Waals surface area contributed by atoms with E-state index >= 15 is 0 Å². The van der Waals surface area contributed by atoms with Gasteiger partial charge in [-0.15, -0.1) is 0 Å². The molecule has 4 nitrogen and oxygen atoms in total. The summed E-state index contributed by atoms with van der Waals surface area (Å²) in [7, 11) is 0. The molecule has 2 fully saturated rings. The largest absolute Gasteiger partial charge is 0.512 e. The lowest BCUT2D eigenvalue weighted by Crippen LogP contribution is -2.46. The molecule has 0 saturated carbocycles. The van der Waals surface area contributed by atoms with Crippen LogP contribution in [0.15, 0.2) is 35.7 Å². The number of aliphatic hydroxyl groups excluding tert-OH is 1. The van der Waals surface area contributed by atoms with Gasteiger partial charge in [-0.2, -0.15) is 0 Å². The molecule has 4 heteroatoms. The van der Waals surface area contributed by atoms with E-state index in [1.54, 1.807) is 6.92 Å². The van der Waals surface area contributed by atoms with Crippen molar-refractivity contribution in [3.63, 3.8) is 0 Å². The summed E-state index contributed by atoms with van der Waals surface area (Å²) >= 11 is 0. The zero-order chi connectivity index (χ0) is 16.8. The molecule has 0 spiro atoms. The summed E-state index contributed by atoms with van der Waals surface area (Å²) in [6.07, 6.45) is 3.81. The Morgan fingerprint density at radius 2 is 2.12 bits per heavy atom. The third-order valence-electron chi connectivity index (χ3n) is 6.66. The zero-order valence-electron chi connectivity index (χ0n) is 14.3. The number of allylic oxidation sites excluding steroid dienone is 1. The highest BCUT2D eigenvalue weighted by molar-refractivity contribution is 5.98. The van der Waals surface area contributed by atoms with Crippen LogP contribution in [0.25, 0.3) is 10.9 Å². The van der Waals surface area contributed by atoms with Crippen LogP contribution in [0.5, 0.6) is 0 Å². The van der Waals surface area contributed by atoms with E-state index in [-0.39, 0.29) is 23.2 Å². The number of nitrogens with zero attached hydrogens (tertiary/aromatic N) is 1. The first-order chi connectivity index (χ1) is 11.4. The van der Waals surface area contributed by atoms with E-state index in [9.17, 15) is 9.90 Å². The van der Waals surface area contributed by atoms with Crippen LogP contribution >= 0.6 is 0 Å². The number of rotatable bonds is 0. The Kier molecular flexibility index (Phi) is 2.50. The molecule has 0 bridgehead atoms. The molecule has 3 atom stereocenters. The zero-order valence-corrected chi connectivity index (χ0v) is 14.3. The molecular weight excluding hydrogens is 300 g/mol. The molecule has 1 amide bonds. The lowest BCUT2D eigenvalue weighted by Gasteiger charge is -2.37. The number of benzene rings is 1. The van der Waals surface area contributed by atoms with Gasteiger partial charge in [-0.3, -0.25) is 4.79 Å². The molecule has 24 heavy (non-hydrogen) atoms. The molecule has 124 valence electrons. The Hall–Kier alpha value is -2.23. The number of aromatic nitrogens is 1. The van der Waals surface area contributed by atoms with Crippen molar-refractivity contribution in [1.82, 2.24) is 9.88 Å². The number of fused-ring (bicyclic) bond motifs is 4. The Morgan fingerprint density at radius 1 is 1.33 bits per heavy atom. The van der Waals surface area contributed by atoms with Crippen LogP contribution in [0.1, 0.15) is 44.2 Å². The van der Waals surface area contributed by atoms with Gasteiger partial charge in [0.25, 0.3) is 5.91 Å². The minimum atomic E-state index is -0.208. The van der Waals surface area contributed by atoms with Crippen molar-refractivity contribution in [3.05, 3.63) is 46.9 Å². The SMILES string of the molecule is C/C(O)=C1\C[C@@H]2[C@H]3c4c[nH]c5cccc(c45)C[C@@H]3C(C)(C)N2C1=O. The maximum absolute atomic E-state index is 12.9. The highest BCUT2D eigenvalue weighted by Crippen LogP contribution is 2.58. The van der Waals surface area contributed by atoms with Crippen molar-refractivity contribution in [2.45, 2.75) is 51.1 Å². The standard InChI is InChI=1S/C20H22N2O2/c1-10(23)12-8-16-18-13-9-21-15-6-4-5-11(17(13)15)7-14(18)20(2,3)22(16)19(12)24/h4-6,9,14,16,18,21,23H,7-8H2,1-3H3/b12-10-/t14-,16+,18-/m0/s1. The fraction of sp³-hybridized carbons (Fsp3) is 0.450. The first kappa shape index (κ1) is 14.1. The van der Waals surface area contributed by atoms with Crippen LogP contribution in [0.3, 0.4) is 0 Å². The molecular formula is C20H22N2O2. The summed E-state index contributed by atoms with van der Waals surface area (Å²) in [6, 6.07) is 6.62. The van der Waals surface area contributed by atoms with Crippen molar-refractivity contribution in [2.75, 3.05) is 0 Å². The average Bonchev–Trinajstić information content (AvgIpc) is 3.15. The normalized spacial score (nSPS) is 32.2. The Labute approximate surface area is 141 Å². The lowest BCUT2D eigenvalue weighted by atomic mass is 9.69. The molecule has 1 aliphatic carbocycles. The van der Waals surface area contributed by atoms with Crippen LogP contribution < -0.4 is 0 Å². The molecule has 0 radical (unpaired) electrons. The molecule has 1 aromatic heterocycles. The fourth-order valence-corrected chi connectivity index (χ4v) is 5.61. The Morgan fingerprint density at radius 3 is 2.88 bits per heavy atom. The average molecular weight is 322 g/mol. The second kappa shape index (κ2) is 4.24. The van der Waals surface area contributed by atoms with Crippen LogP contribution in [-0.4, -0.2) is 32.5 Å². The van der Waals surface area contributed by atoms with Gasteiger partial charge in [0, 0.05) is 41.0 Å². The summed E-state index contributed by atoms with van der Waals surface area (Å²) in [6.45, 7) is 6.01. The smallest absolute Gasteiger partial charge is 0.253 e. The minimum absolute atomic E-state index is 0.0234. The van der Waals surface area contributed by atoms with E-state index in [0.29, 0.717) is 23.8 Å². The van der Waals surface area contributed by atoms with Crippen molar-refractivity contribution in [1.29, 1.82) is 0 Å². The maximum atomic E-state index is 12.9. The molecule has 2 aliphatic heterocycles. The number of aromatic amines is 1. The third kappa shape index (κ3) is 1.47. The second-order valence-electron chi connectivity index (χ2n) is 8.08. The van der Waals surface area contributed by atoms with Gasteiger partial charge in [-0.25, -0.2) is 0 Å². The second-order valence-corrected chi connectivity index (χ2v) is 8.08. The van der Waals surface area contributed by atoms with E-state index in [0.717, 1.165) is 6.42 Å². The summed E-state index contributed by atoms with van der Waals surface area (Å²) in [4.78, 5) is 18.4. The van der Waals surface area contributed by atoms with E-state index in [4.69, 9.17) is 0 Å². The van der Waals surface area contributed by atoms with Gasteiger partial charge in [0.05, 0.1) is 11.3 Å². The Bertz CT molecular complexity index is 917. The first-order valence-corrected chi connectivity index (χ1v) is 8.72. The van der Waals surface area contributed by atoms with Crippen molar-refractivity contribution >= 4 is 16.8 Å². The number of H-pyrrole nitrogens is 1. The van der Waals surface area contributed by atoms with Crippen LogP contribution in [0, 0.1) is 5.92 Å². The lowest BCUT2D eigenvalue weighted by molar-refractivity contribution is -0.130. The van der Waals surface area contributed by atoms with Crippen molar-refractivity contribution in [2.24, 2.45) is 5.92 Å². The number of carbonyl (C=O) groups is 1. The Balaban J connectivity index is 1.73. The predicted molar refractivity (Wildman–Crippen MR) is 92.9 cm³/mol. The molecule has 1 aromatic carbocycles. The van der Waals surface area contributed by atoms with Gasteiger partial charge >= 0.3 is 0 Å². The van der Waals surface area contributed by atoms with Gasteiger partial charge in [0.1, 0.15) is 0 Å². The first-order valence-electron chi connectivity index (χ1n) is 8.72. The number of amides is 1. The summed E-state index contributed by atoms with van der Waals surface area (Å²) < 4.78 is 0. The van der Waals surface area contributed by atoms with Gasteiger partial charge < -0.3 is 15.0 Å². The topological polar surface area (TPSA) is 56.3 Å². The highest BCUT2D eigenvalue weighted by atomic mass is 16.3. The summed E-state index contributed by atoms with van der Waals surface area (Å²) in [5, 5.41) is 11.3. The minimum Gasteiger partial charge on any atom is -0.512 e. The predicted octanol–water partition coefficient (Wildman–Crippen LogP) is 3.65. The van der Waals surface area contributed by atoms with E-state index in [1.165, 1.54) is 22.0 Å². The molecule has 3 heterocycles. The van der Waals surface area contributed by atoms with Crippen LogP contribution in [0.4, 0.5) is 0 Å². The molecule has 2 N–H and O–H groups in total. The van der Waals surface area contributed by atoms with Crippen molar-refractivity contribution in [3.8, 4) is 0 Å². The van der Waals surface area contributed by atoms with Crippen LogP contribution in [0.2, 0.25) is 0 Å². The monoisotopic (exact) mass is 322 g/mol. The molecule has 2 saturated heterocycles. The van der Waals surface area contributed by atoms with Gasteiger partial charge in [0.15, 0.2) is 0 Å². The van der Waals surface area contributed by atoms with E-state index < -0.39 is 0 Å². The fourth-order valence-electron chi connectivity index (χ4n) is 5.61. The number of hydrogen-bond acceptors (Lipinski definition) is 2. The maximum Gasteiger partial charge on any atom is 0.253 e. The third-order valence-corrected chi connectivity index (χ3v) is 6.66. The molecule has 5 rings (SSSR count). The molecule has 3 aliphatic rings. The van der Waals surface area contributed by atoms with Gasteiger partial charge in [-0.1, -0.05) is 12.1 Å². The summed E-state index contributed by atoms with van der Waals surface area (Å²) in [5.74, 6) is 0.956. The van der Waals surface area contributed by atoms with Crippen LogP contribution in [-0.2, 0) is 11.2 Å². The summed E-state index contributed by atoms with van der Waals surface area (Å²) in [5.41, 5.74) is 4.32.